The molecular formula is C31H34N2O4. The molecule has 0 aromatic heterocycles. The van der Waals surface area contributed by atoms with Crippen LogP contribution in [0.5, 0.6) is 11.5 Å². The van der Waals surface area contributed by atoms with Crippen molar-refractivity contribution in [3.63, 3.8) is 0 Å². The van der Waals surface area contributed by atoms with Crippen molar-refractivity contribution in [2.45, 2.75) is 33.1 Å². The number of benzene rings is 4. The zero-order valence-corrected chi connectivity index (χ0v) is 21.5. The van der Waals surface area contributed by atoms with E-state index >= 15 is 0 Å². The minimum absolute atomic E-state index is 0.0174. The van der Waals surface area contributed by atoms with Gasteiger partial charge in [-0.25, -0.2) is 0 Å². The first-order valence-electron chi connectivity index (χ1n) is 12.8. The second kappa shape index (κ2) is 12.8. The molecule has 37 heavy (non-hydrogen) atoms. The number of carbonyl (C=O) groups is 2. The summed E-state index contributed by atoms with van der Waals surface area (Å²) < 4.78 is 12.2. The van der Waals surface area contributed by atoms with Gasteiger partial charge in [-0.15, -0.1) is 0 Å². The highest BCUT2D eigenvalue weighted by Crippen LogP contribution is 2.30. The molecule has 2 N–H and O–H groups in total. The number of carbonyl (C=O) groups excluding carboxylic acids is 2. The maximum atomic E-state index is 11.3. The third-order valence-corrected chi connectivity index (χ3v) is 6.25. The van der Waals surface area contributed by atoms with Gasteiger partial charge < -0.3 is 20.1 Å². The molecule has 0 unspecified atom stereocenters. The molecule has 0 saturated carbocycles. The van der Waals surface area contributed by atoms with Gasteiger partial charge in [0.2, 0.25) is 11.8 Å². The molecule has 0 spiro atoms. The summed E-state index contributed by atoms with van der Waals surface area (Å²) in [6, 6.07) is 24.7. The molecule has 0 aliphatic carbocycles. The summed E-state index contributed by atoms with van der Waals surface area (Å²) in [6.07, 6.45) is 2.26. The Morgan fingerprint density at radius 3 is 2.05 bits per heavy atom. The van der Waals surface area contributed by atoms with Gasteiger partial charge in [0.15, 0.2) is 0 Å². The summed E-state index contributed by atoms with van der Waals surface area (Å²) in [4.78, 5) is 22.5. The van der Waals surface area contributed by atoms with Crippen LogP contribution in [0.4, 0.5) is 0 Å². The monoisotopic (exact) mass is 498 g/mol. The molecule has 0 atom stereocenters. The zero-order valence-electron chi connectivity index (χ0n) is 21.5. The second-order valence-corrected chi connectivity index (χ2v) is 9.09. The maximum absolute atomic E-state index is 11.3. The van der Waals surface area contributed by atoms with Crippen LogP contribution in [0.3, 0.4) is 0 Å². The Hall–Kier alpha value is -4.06. The average Bonchev–Trinajstić information content (AvgIpc) is 2.88. The van der Waals surface area contributed by atoms with Gasteiger partial charge in [-0.05, 0) is 58.3 Å². The van der Waals surface area contributed by atoms with E-state index in [1.165, 1.54) is 19.4 Å². The molecule has 0 aliphatic rings. The molecule has 2 amide bonds. The van der Waals surface area contributed by atoms with Gasteiger partial charge in [-0.1, -0.05) is 54.6 Å². The quantitative estimate of drug-likeness (QED) is 0.263. The van der Waals surface area contributed by atoms with E-state index in [-0.39, 0.29) is 11.8 Å². The van der Waals surface area contributed by atoms with E-state index in [1.807, 2.05) is 30.3 Å². The topological polar surface area (TPSA) is 76.7 Å². The van der Waals surface area contributed by atoms with E-state index in [0.29, 0.717) is 26.3 Å². The summed E-state index contributed by atoms with van der Waals surface area (Å²) in [7, 11) is 0. The Labute approximate surface area is 218 Å². The lowest BCUT2D eigenvalue weighted by molar-refractivity contribution is -0.119. The molecule has 192 valence electrons. The Kier molecular flexibility index (Phi) is 8.98. The molecule has 4 rings (SSSR count). The minimum atomic E-state index is -0.0238. The second-order valence-electron chi connectivity index (χ2n) is 9.09. The van der Waals surface area contributed by atoms with Gasteiger partial charge in [-0.3, -0.25) is 9.59 Å². The largest absolute Gasteiger partial charge is 0.493 e. The van der Waals surface area contributed by atoms with Crippen molar-refractivity contribution in [1.82, 2.24) is 10.6 Å². The zero-order chi connectivity index (χ0) is 26.0. The number of amides is 2. The van der Waals surface area contributed by atoms with Crippen molar-refractivity contribution in [2.24, 2.45) is 0 Å². The minimum Gasteiger partial charge on any atom is -0.493 e. The lowest BCUT2D eigenvalue weighted by Gasteiger charge is -2.14. The van der Waals surface area contributed by atoms with E-state index in [9.17, 15) is 9.59 Å². The first-order valence-corrected chi connectivity index (χ1v) is 12.8. The first-order chi connectivity index (χ1) is 18.0. The highest BCUT2D eigenvalue weighted by molar-refractivity contribution is 5.91. The van der Waals surface area contributed by atoms with Crippen molar-refractivity contribution < 1.29 is 19.1 Å². The highest BCUT2D eigenvalue weighted by Gasteiger charge is 2.08. The fraction of sp³-hybridized carbons (Fsp3) is 0.290. The molecule has 6 heteroatoms. The predicted molar refractivity (Wildman–Crippen MR) is 148 cm³/mol. The van der Waals surface area contributed by atoms with Crippen LogP contribution in [-0.2, 0) is 22.4 Å². The highest BCUT2D eigenvalue weighted by atomic mass is 16.5. The van der Waals surface area contributed by atoms with Crippen LogP contribution in [0, 0.1) is 0 Å². The summed E-state index contributed by atoms with van der Waals surface area (Å²) in [5.41, 5.74) is 2.34. The van der Waals surface area contributed by atoms with Gasteiger partial charge >= 0.3 is 0 Å². The molecule has 0 aliphatic heterocycles. The van der Waals surface area contributed by atoms with Crippen molar-refractivity contribution in [2.75, 3.05) is 26.3 Å². The normalized spacial score (nSPS) is 10.9. The number of hydrogen-bond acceptors (Lipinski definition) is 4. The van der Waals surface area contributed by atoms with Gasteiger partial charge in [0.1, 0.15) is 11.5 Å². The number of ether oxygens (including phenoxy) is 2. The number of fused-ring (bicyclic) bond motifs is 2. The Bertz CT molecular complexity index is 1380. The average molecular weight is 499 g/mol. The van der Waals surface area contributed by atoms with Crippen LogP contribution in [0.15, 0.2) is 72.8 Å². The van der Waals surface area contributed by atoms with Gasteiger partial charge in [0.25, 0.3) is 0 Å². The molecule has 0 heterocycles. The molecule has 0 saturated heterocycles. The van der Waals surface area contributed by atoms with Gasteiger partial charge in [0, 0.05) is 38.7 Å². The van der Waals surface area contributed by atoms with Crippen LogP contribution in [0.2, 0.25) is 0 Å². The van der Waals surface area contributed by atoms with Crippen molar-refractivity contribution in [3.8, 4) is 11.5 Å². The summed E-state index contributed by atoms with van der Waals surface area (Å²) >= 11 is 0. The van der Waals surface area contributed by atoms with Crippen LogP contribution < -0.4 is 20.1 Å². The SMILES string of the molecule is CC(=O)NCCc1cccc2ccc(OCCCOc3cccc4cccc(CCNC(C)=O)c34)cc12. The van der Waals surface area contributed by atoms with Crippen molar-refractivity contribution >= 4 is 33.4 Å². The van der Waals surface area contributed by atoms with E-state index in [1.54, 1.807) is 0 Å². The Morgan fingerprint density at radius 2 is 1.32 bits per heavy atom. The molecule has 0 radical (unpaired) electrons. The van der Waals surface area contributed by atoms with E-state index < -0.39 is 0 Å². The summed E-state index contributed by atoms with van der Waals surface area (Å²) in [5.74, 6) is 1.64. The van der Waals surface area contributed by atoms with Crippen LogP contribution in [0.1, 0.15) is 31.4 Å². The third kappa shape index (κ3) is 7.23. The van der Waals surface area contributed by atoms with Crippen LogP contribution in [-0.4, -0.2) is 38.1 Å². The third-order valence-electron chi connectivity index (χ3n) is 6.25. The number of rotatable bonds is 12. The van der Waals surface area contributed by atoms with E-state index in [4.69, 9.17) is 9.47 Å². The predicted octanol–water partition coefficient (Wildman–Crippen LogP) is 5.20. The molecule has 4 aromatic carbocycles. The van der Waals surface area contributed by atoms with E-state index in [0.717, 1.165) is 57.9 Å². The number of nitrogens with one attached hydrogen (secondary N) is 2. The van der Waals surface area contributed by atoms with Crippen LogP contribution >= 0.6 is 0 Å². The van der Waals surface area contributed by atoms with Gasteiger partial charge in [-0.2, -0.15) is 0 Å². The van der Waals surface area contributed by atoms with Crippen molar-refractivity contribution in [3.05, 3.63) is 83.9 Å². The standard InChI is InChI=1S/C31H34N2O4/c1-22(34)32-17-15-25-8-3-7-24-13-14-28(21-29(24)25)36-19-6-20-37-30-12-5-11-26-9-4-10-27(31(26)30)16-18-33-23(2)35/h3-5,7-14,21H,6,15-20H2,1-2H3,(H,32,34)(H,33,35). The lowest BCUT2D eigenvalue weighted by atomic mass is 10.0. The fourth-order valence-corrected chi connectivity index (χ4v) is 4.51. The lowest BCUT2D eigenvalue weighted by Crippen LogP contribution is -2.22. The smallest absolute Gasteiger partial charge is 0.216 e. The molecular weight excluding hydrogens is 464 g/mol. The number of hydrogen-bond donors (Lipinski definition) is 2. The van der Waals surface area contributed by atoms with E-state index in [2.05, 4.69) is 53.1 Å². The molecule has 0 fully saturated rings. The summed E-state index contributed by atoms with van der Waals surface area (Å²) in [6.45, 7) is 5.35. The summed E-state index contributed by atoms with van der Waals surface area (Å²) in [5, 5.41) is 10.2. The fourth-order valence-electron chi connectivity index (χ4n) is 4.51. The molecule has 4 aromatic rings. The first kappa shape index (κ1) is 26.0. The van der Waals surface area contributed by atoms with Gasteiger partial charge in [0.05, 0.1) is 13.2 Å². The van der Waals surface area contributed by atoms with Crippen LogP contribution in [0.25, 0.3) is 21.5 Å². The Morgan fingerprint density at radius 1 is 0.703 bits per heavy atom. The molecule has 6 nitrogen and oxygen atoms in total. The van der Waals surface area contributed by atoms with Crippen molar-refractivity contribution in [1.29, 1.82) is 0 Å². The molecule has 0 bridgehead atoms. The maximum Gasteiger partial charge on any atom is 0.216 e. The Balaban J connectivity index is 1.34.